The Hall–Kier alpha value is -0.340. The Bertz CT molecular complexity index is 162. The summed E-state index contributed by atoms with van der Waals surface area (Å²) in [4.78, 5) is 0. The fourth-order valence-electron chi connectivity index (χ4n) is 1.62. The Morgan fingerprint density at radius 2 is 2.07 bits per heavy atom. The zero-order valence-corrected chi connectivity index (χ0v) is 10.5. The lowest BCUT2D eigenvalue weighted by Crippen LogP contribution is -2.40. The molecule has 2 unspecified atom stereocenters. The molecule has 2 atom stereocenters. The maximum atomic E-state index is 9.98. The van der Waals surface area contributed by atoms with E-state index >= 15 is 0 Å². The van der Waals surface area contributed by atoms with E-state index in [4.69, 9.17) is 4.74 Å². The van der Waals surface area contributed by atoms with Gasteiger partial charge < -0.3 is 9.84 Å². The van der Waals surface area contributed by atoms with Crippen LogP contribution in [0.2, 0.25) is 0 Å². The van der Waals surface area contributed by atoms with E-state index in [0.29, 0.717) is 0 Å². The Morgan fingerprint density at radius 3 is 2.53 bits per heavy atom. The number of methoxy groups -OCH3 is 1. The molecule has 0 aromatic carbocycles. The van der Waals surface area contributed by atoms with Crippen LogP contribution in [0, 0.1) is 0 Å². The number of hydrogen-bond donors (Lipinski definition) is 1. The maximum Gasteiger partial charge on any atom is 0.0905 e. The number of ether oxygens (including phenoxy) is 1. The third-order valence-corrected chi connectivity index (χ3v) is 3.26. The van der Waals surface area contributed by atoms with Gasteiger partial charge in [-0.15, -0.1) is 6.58 Å². The summed E-state index contributed by atoms with van der Waals surface area (Å²) < 4.78 is 5.36. The van der Waals surface area contributed by atoms with E-state index < -0.39 is 0 Å². The summed E-state index contributed by atoms with van der Waals surface area (Å²) >= 11 is 0. The molecule has 1 N–H and O–H groups in total. The Kier molecular flexibility index (Phi) is 7.71. The van der Waals surface area contributed by atoms with Crippen LogP contribution in [0.15, 0.2) is 12.7 Å². The summed E-state index contributed by atoms with van der Waals surface area (Å²) in [6, 6.07) is 0. The standard InChI is InChI=1S/C13H26O2/c1-5-7-8-9-10-11-12(14)13(3,6-2)15-4/h5,12,14H,1,6-11H2,2-4H3. The van der Waals surface area contributed by atoms with Crippen LogP contribution in [0.4, 0.5) is 0 Å². The monoisotopic (exact) mass is 214 g/mol. The van der Waals surface area contributed by atoms with Crippen molar-refractivity contribution >= 4 is 0 Å². The van der Waals surface area contributed by atoms with Crippen LogP contribution in [0.1, 0.15) is 52.4 Å². The van der Waals surface area contributed by atoms with Crippen LogP contribution >= 0.6 is 0 Å². The van der Waals surface area contributed by atoms with Gasteiger partial charge in [0.15, 0.2) is 0 Å². The molecule has 0 aromatic heterocycles. The average Bonchev–Trinajstić information content (AvgIpc) is 2.27. The smallest absolute Gasteiger partial charge is 0.0905 e. The van der Waals surface area contributed by atoms with Gasteiger partial charge in [-0.2, -0.15) is 0 Å². The summed E-state index contributed by atoms with van der Waals surface area (Å²) in [7, 11) is 1.67. The van der Waals surface area contributed by atoms with Gasteiger partial charge in [0, 0.05) is 7.11 Å². The zero-order chi connectivity index (χ0) is 11.7. The van der Waals surface area contributed by atoms with Gasteiger partial charge in [-0.1, -0.05) is 25.8 Å². The van der Waals surface area contributed by atoms with Crippen molar-refractivity contribution in [1.82, 2.24) is 0 Å². The molecule has 2 nitrogen and oxygen atoms in total. The Balaban J connectivity index is 3.71. The number of aliphatic hydroxyl groups excluding tert-OH is 1. The highest BCUT2D eigenvalue weighted by Gasteiger charge is 2.30. The molecule has 0 amide bonds. The van der Waals surface area contributed by atoms with Crippen molar-refractivity contribution in [2.75, 3.05) is 7.11 Å². The van der Waals surface area contributed by atoms with Gasteiger partial charge in [-0.3, -0.25) is 0 Å². The van der Waals surface area contributed by atoms with Crippen LogP contribution in [-0.4, -0.2) is 23.9 Å². The molecule has 90 valence electrons. The lowest BCUT2D eigenvalue weighted by molar-refractivity contribution is -0.0953. The second-order valence-corrected chi connectivity index (χ2v) is 4.31. The number of aliphatic hydroxyl groups is 1. The molecule has 0 saturated heterocycles. The van der Waals surface area contributed by atoms with Crippen LogP contribution in [-0.2, 0) is 4.74 Å². The number of rotatable bonds is 9. The van der Waals surface area contributed by atoms with Crippen molar-refractivity contribution in [3.05, 3.63) is 12.7 Å². The first-order valence-electron chi connectivity index (χ1n) is 5.94. The molecule has 0 bridgehead atoms. The predicted octanol–water partition coefficient (Wildman–Crippen LogP) is 3.30. The molecule has 0 aliphatic carbocycles. The topological polar surface area (TPSA) is 29.5 Å². The molecule has 0 heterocycles. The predicted molar refractivity (Wildman–Crippen MR) is 65.0 cm³/mol. The normalized spacial score (nSPS) is 17.1. The zero-order valence-electron chi connectivity index (χ0n) is 10.5. The van der Waals surface area contributed by atoms with Crippen LogP contribution in [0.5, 0.6) is 0 Å². The molecule has 0 saturated carbocycles. The first kappa shape index (κ1) is 14.7. The van der Waals surface area contributed by atoms with Crippen molar-refractivity contribution in [2.24, 2.45) is 0 Å². The third-order valence-electron chi connectivity index (χ3n) is 3.26. The van der Waals surface area contributed by atoms with Crippen molar-refractivity contribution in [1.29, 1.82) is 0 Å². The highest BCUT2D eigenvalue weighted by molar-refractivity contribution is 4.82. The second-order valence-electron chi connectivity index (χ2n) is 4.31. The quantitative estimate of drug-likeness (QED) is 0.471. The first-order valence-corrected chi connectivity index (χ1v) is 5.94. The maximum absolute atomic E-state index is 9.98. The lowest BCUT2D eigenvalue weighted by atomic mass is 9.91. The van der Waals surface area contributed by atoms with Crippen molar-refractivity contribution < 1.29 is 9.84 Å². The molecule has 0 aromatic rings. The minimum absolute atomic E-state index is 0.351. The molecule has 0 aliphatic heterocycles. The summed E-state index contributed by atoms with van der Waals surface area (Å²) in [6.07, 6.45) is 7.74. The van der Waals surface area contributed by atoms with Crippen LogP contribution in [0.25, 0.3) is 0 Å². The van der Waals surface area contributed by atoms with Gasteiger partial charge in [0.1, 0.15) is 0 Å². The Morgan fingerprint density at radius 1 is 1.40 bits per heavy atom. The van der Waals surface area contributed by atoms with Crippen molar-refractivity contribution in [3.63, 3.8) is 0 Å². The molecule has 0 spiro atoms. The van der Waals surface area contributed by atoms with Gasteiger partial charge in [0.2, 0.25) is 0 Å². The molecule has 0 aliphatic rings. The van der Waals surface area contributed by atoms with Gasteiger partial charge in [0.25, 0.3) is 0 Å². The minimum atomic E-state index is -0.377. The van der Waals surface area contributed by atoms with Crippen molar-refractivity contribution in [3.8, 4) is 0 Å². The summed E-state index contributed by atoms with van der Waals surface area (Å²) in [5.41, 5.74) is -0.377. The van der Waals surface area contributed by atoms with E-state index in [2.05, 4.69) is 6.58 Å². The van der Waals surface area contributed by atoms with Gasteiger partial charge in [0.05, 0.1) is 11.7 Å². The van der Waals surface area contributed by atoms with E-state index in [0.717, 1.165) is 32.1 Å². The van der Waals surface area contributed by atoms with E-state index in [1.54, 1.807) is 7.11 Å². The average molecular weight is 214 g/mol. The molecule has 0 radical (unpaired) electrons. The molecule has 0 rings (SSSR count). The molecule has 15 heavy (non-hydrogen) atoms. The van der Waals surface area contributed by atoms with E-state index in [-0.39, 0.29) is 11.7 Å². The fraction of sp³-hybridized carbons (Fsp3) is 0.846. The number of hydrogen-bond acceptors (Lipinski definition) is 2. The summed E-state index contributed by atoms with van der Waals surface area (Å²) in [5, 5.41) is 9.98. The number of unbranched alkanes of at least 4 members (excludes halogenated alkanes) is 3. The van der Waals surface area contributed by atoms with E-state index in [1.165, 1.54) is 6.42 Å². The molecule has 2 heteroatoms. The highest BCUT2D eigenvalue weighted by atomic mass is 16.5. The van der Waals surface area contributed by atoms with E-state index in [9.17, 15) is 5.11 Å². The summed E-state index contributed by atoms with van der Waals surface area (Å²) in [5.74, 6) is 0. The SMILES string of the molecule is C=CCCCCCC(O)C(C)(CC)OC. The second kappa shape index (κ2) is 7.89. The molecular weight excluding hydrogens is 188 g/mol. The van der Waals surface area contributed by atoms with Crippen molar-refractivity contribution in [2.45, 2.75) is 64.1 Å². The van der Waals surface area contributed by atoms with Crippen LogP contribution < -0.4 is 0 Å². The molecular formula is C13H26O2. The Labute approximate surface area is 94.3 Å². The fourth-order valence-corrected chi connectivity index (χ4v) is 1.62. The van der Waals surface area contributed by atoms with Gasteiger partial charge in [-0.25, -0.2) is 0 Å². The highest BCUT2D eigenvalue weighted by Crippen LogP contribution is 2.23. The van der Waals surface area contributed by atoms with E-state index in [1.807, 2.05) is 19.9 Å². The first-order chi connectivity index (χ1) is 7.10. The largest absolute Gasteiger partial charge is 0.390 e. The third kappa shape index (κ3) is 5.33. The van der Waals surface area contributed by atoms with Gasteiger partial charge >= 0.3 is 0 Å². The molecule has 0 fully saturated rings. The summed E-state index contributed by atoms with van der Waals surface area (Å²) in [6.45, 7) is 7.71. The minimum Gasteiger partial charge on any atom is -0.390 e. The van der Waals surface area contributed by atoms with Gasteiger partial charge in [-0.05, 0) is 32.6 Å². The van der Waals surface area contributed by atoms with Crippen LogP contribution in [0.3, 0.4) is 0 Å². The number of allylic oxidation sites excluding steroid dienone is 1. The lowest BCUT2D eigenvalue weighted by Gasteiger charge is -2.32.